The van der Waals surface area contributed by atoms with E-state index in [2.05, 4.69) is 73.6 Å². The van der Waals surface area contributed by atoms with Gasteiger partial charge in [-0.1, -0.05) is 60.7 Å². The maximum atomic E-state index is 12.4. The van der Waals surface area contributed by atoms with Gasteiger partial charge in [0, 0.05) is 49.9 Å². The minimum Gasteiger partial charge on any atom is -0.444 e. The van der Waals surface area contributed by atoms with Gasteiger partial charge in [-0.05, 0) is 86.3 Å². The Morgan fingerprint density at radius 2 is 1.07 bits per heavy atom. The van der Waals surface area contributed by atoms with E-state index in [9.17, 15) is 4.79 Å². The van der Waals surface area contributed by atoms with Gasteiger partial charge in [-0.25, -0.2) is 9.97 Å². The summed E-state index contributed by atoms with van der Waals surface area (Å²) in [5.74, 6) is 1.12. The van der Waals surface area contributed by atoms with Crippen molar-refractivity contribution in [1.82, 2.24) is 39.3 Å². The minimum atomic E-state index is -0.0466. The van der Waals surface area contributed by atoms with Crippen LogP contribution in [0.1, 0.15) is 53.0 Å². The van der Waals surface area contributed by atoms with E-state index in [-0.39, 0.29) is 14.3 Å². The van der Waals surface area contributed by atoms with Crippen LogP contribution in [0.2, 0.25) is 0 Å². The number of likely N-dealkylation sites (tertiary alicyclic amines) is 2. The number of rotatable bonds is 9. The molecule has 0 N–H and O–H groups in total. The zero-order valence-electron chi connectivity index (χ0n) is 31.2. The van der Waals surface area contributed by atoms with Gasteiger partial charge in [0.25, 0.3) is 5.91 Å². The highest BCUT2D eigenvalue weighted by Gasteiger charge is 2.23. The smallest absolute Gasteiger partial charge is 0.275 e. The Balaban J connectivity index is 0.000000155. The third kappa shape index (κ3) is 8.06. The highest BCUT2D eigenvalue weighted by molar-refractivity contribution is 5.92. The lowest BCUT2D eigenvalue weighted by Crippen LogP contribution is -2.27. The Hall–Kier alpha value is -6.27. The maximum Gasteiger partial charge on any atom is 0.275 e. The molecule has 0 saturated carbocycles. The molecule has 11 nitrogen and oxygen atoms in total. The number of amides is 1. The molecule has 2 aliphatic heterocycles. The number of carbonyl (C=O) groups excluding carboxylic acids is 1. The fourth-order valence-electron chi connectivity index (χ4n) is 7.42. The van der Waals surface area contributed by atoms with Crippen LogP contribution in [0.4, 0.5) is 0 Å². The molecule has 6 heterocycles. The summed E-state index contributed by atoms with van der Waals surface area (Å²) in [5.41, 5.74) is 7.87. The number of benzene rings is 4. The summed E-state index contributed by atoms with van der Waals surface area (Å²) in [6.07, 6.45) is 11.7. The van der Waals surface area contributed by atoms with Crippen molar-refractivity contribution < 1.29 is 13.6 Å². The summed E-state index contributed by atoms with van der Waals surface area (Å²) in [6, 6.07) is 32.9. The quantitative estimate of drug-likeness (QED) is 0.137. The van der Waals surface area contributed by atoms with Gasteiger partial charge in [0.15, 0.2) is 5.69 Å². The van der Waals surface area contributed by atoms with Crippen molar-refractivity contribution in [2.45, 2.75) is 45.3 Å². The lowest BCUT2D eigenvalue weighted by Gasteiger charge is -2.12. The van der Waals surface area contributed by atoms with Gasteiger partial charge in [0.1, 0.15) is 12.5 Å². The molecule has 279 valence electrons. The predicted octanol–water partition coefficient (Wildman–Crippen LogP) is 7.93. The van der Waals surface area contributed by atoms with Crippen LogP contribution in [-0.4, -0.2) is 79.8 Å². The Morgan fingerprint density at radius 3 is 1.64 bits per heavy atom. The molecule has 8 aromatic rings. The first-order chi connectivity index (χ1) is 27.1. The van der Waals surface area contributed by atoms with Crippen molar-refractivity contribution in [3.63, 3.8) is 0 Å². The van der Waals surface area contributed by atoms with Crippen molar-refractivity contribution in [3.05, 3.63) is 144 Å². The minimum absolute atomic E-state index is 0. The summed E-state index contributed by atoms with van der Waals surface area (Å²) >= 11 is 0. The van der Waals surface area contributed by atoms with Crippen molar-refractivity contribution in [1.29, 1.82) is 0 Å². The second-order valence-corrected chi connectivity index (χ2v) is 14.3. The van der Waals surface area contributed by atoms with Gasteiger partial charge in [0.2, 0.25) is 11.8 Å². The van der Waals surface area contributed by atoms with Gasteiger partial charge in [0.05, 0.1) is 42.2 Å². The highest BCUT2D eigenvalue weighted by Crippen LogP contribution is 2.24. The zero-order valence-corrected chi connectivity index (χ0v) is 31.2. The second-order valence-electron chi connectivity index (χ2n) is 14.3. The van der Waals surface area contributed by atoms with Crippen molar-refractivity contribution in [2.75, 3.05) is 26.2 Å². The van der Waals surface area contributed by atoms with Gasteiger partial charge in [-0.15, -0.1) is 0 Å². The molecule has 0 unspecified atom stereocenters. The van der Waals surface area contributed by atoms with Crippen LogP contribution < -0.4 is 0 Å². The number of nitrogens with zero attached hydrogens (tertiary/aromatic N) is 8. The topological polar surface area (TPSA) is 111 Å². The fourth-order valence-corrected chi connectivity index (χ4v) is 7.42. The van der Waals surface area contributed by atoms with E-state index in [0.717, 1.165) is 77.8 Å². The van der Waals surface area contributed by atoms with Crippen molar-refractivity contribution >= 4 is 36.1 Å². The predicted molar refractivity (Wildman–Crippen MR) is 217 cm³/mol. The Morgan fingerprint density at radius 1 is 0.571 bits per heavy atom. The van der Waals surface area contributed by atoms with Crippen molar-refractivity contribution in [3.8, 4) is 22.9 Å². The average Bonchev–Trinajstić information content (AvgIpc) is 4.09. The standard InChI is InChI=1S/C22H20N4O2.C22H22N4O.B/c27-22(25-11-3-4-12-25)19-15-28-21(24-19)17-9-7-16(8-10-17)14-26-20-6-2-1-5-18(20)13-23-26;1-2-6-21-19(5-1)13-23-26(21)14-17-7-9-18(10-8-17)22-24-20(16-27-22)15-25-11-3-4-12-25;/h1-2,5-10,13,15H,3-4,11-12,14H2;1-2,5-10,13,16H,3-4,11-12,14-15H2;. The Kier molecular flexibility index (Phi) is 10.9. The number of aromatic nitrogens is 6. The molecule has 0 spiro atoms. The van der Waals surface area contributed by atoms with Crippen LogP contribution in [0.25, 0.3) is 44.7 Å². The lowest BCUT2D eigenvalue weighted by atomic mass is 10.1. The number of fused-ring (bicyclic) bond motifs is 2. The molecular formula is C44H42BN8O3. The molecule has 4 aromatic heterocycles. The van der Waals surface area contributed by atoms with E-state index in [1.54, 1.807) is 6.26 Å². The second kappa shape index (κ2) is 16.6. The lowest BCUT2D eigenvalue weighted by molar-refractivity contribution is 0.0787. The molecule has 0 atom stereocenters. The summed E-state index contributed by atoms with van der Waals surface area (Å²) in [5, 5.41) is 11.3. The molecule has 2 fully saturated rings. The zero-order chi connectivity index (χ0) is 37.0. The number of para-hydroxylation sites is 2. The van der Waals surface area contributed by atoms with E-state index < -0.39 is 0 Å². The highest BCUT2D eigenvalue weighted by atomic mass is 16.3. The molecule has 12 heteroatoms. The summed E-state index contributed by atoms with van der Waals surface area (Å²) < 4.78 is 15.3. The molecular weight excluding hydrogens is 699 g/mol. The number of hydrogen-bond acceptors (Lipinski definition) is 8. The number of carbonyl (C=O) groups is 1. The first kappa shape index (κ1) is 36.7. The van der Waals surface area contributed by atoms with Gasteiger partial charge in [-0.3, -0.25) is 19.1 Å². The van der Waals surface area contributed by atoms with E-state index in [1.165, 1.54) is 43.1 Å². The third-order valence-corrected chi connectivity index (χ3v) is 10.4. The van der Waals surface area contributed by atoms with Crippen LogP contribution in [-0.2, 0) is 19.6 Å². The SMILES string of the molecule is O=C(c1coc(-c2ccc(Cn3ncc4ccccc43)cc2)n1)N1CCCC1.[B].c1ccc2c(c1)cnn2Cc1ccc(-c2nc(CN3CCCC3)co2)cc1. The maximum absolute atomic E-state index is 12.4. The molecule has 3 radical (unpaired) electrons. The summed E-state index contributed by atoms with van der Waals surface area (Å²) in [7, 11) is 0. The summed E-state index contributed by atoms with van der Waals surface area (Å²) in [4.78, 5) is 25.7. The Bertz CT molecular complexity index is 2520. The number of hydrogen-bond donors (Lipinski definition) is 0. The molecule has 4 aromatic carbocycles. The summed E-state index contributed by atoms with van der Waals surface area (Å²) in [6.45, 7) is 6.26. The van der Waals surface area contributed by atoms with E-state index >= 15 is 0 Å². The van der Waals surface area contributed by atoms with Crippen LogP contribution >= 0.6 is 0 Å². The first-order valence-corrected chi connectivity index (χ1v) is 19.0. The van der Waals surface area contributed by atoms with Gasteiger partial charge < -0.3 is 13.7 Å². The van der Waals surface area contributed by atoms with E-state index in [1.807, 2.05) is 75.2 Å². The molecule has 56 heavy (non-hydrogen) atoms. The van der Waals surface area contributed by atoms with Crippen molar-refractivity contribution in [2.24, 2.45) is 0 Å². The first-order valence-electron chi connectivity index (χ1n) is 19.0. The van der Waals surface area contributed by atoms with Crippen LogP contribution in [0.5, 0.6) is 0 Å². The normalized spacial score (nSPS) is 14.2. The van der Waals surface area contributed by atoms with E-state index in [0.29, 0.717) is 24.0 Å². The molecule has 2 saturated heterocycles. The molecule has 1 amide bonds. The van der Waals surface area contributed by atoms with Crippen LogP contribution in [0, 0.1) is 0 Å². The molecule has 0 aliphatic carbocycles. The average molecular weight is 742 g/mol. The van der Waals surface area contributed by atoms with E-state index in [4.69, 9.17) is 8.83 Å². The molecule has 2 aliphatic rings. The third-order valence-electron chi connectivity index (χ3n) is 10.4. The van der Waals surface area contributed by atoms with Gasteiger partial charge in [-0.2, -0.15) is 10.2 Å². The largest absolute Gasteiger partial charge is 0.444 e. The number of oxazole rings is 2. The van der Waals surface area contributed by atoms with Gasteiger partial charge >= 0.3 is 0 Å². The fraction of sp³-hybridized carbons (Fsp3) is 0.250. The van der Waals surface area contributed by atoms with Crippen LogP contribution in [0.15, 0.2) is 131 Å². The molecule has 10 rings (SSSR count). The molecule has 0 bridgehead atoms. The Labute approximate surface area is 327 Å². The van der Waals surface area contributed by atoms with Crippen LogP contribution in [0.3, 0.4) is 0 Å². The monoisotopic (exact) mass is 741 g/mol.